The van der Waals surface area contributed by atoms with Gasteiger partial charge in [0.05, 0.1) is 0 Å². The zero-order valence-electron chi connectivity index (χ0n) is 9.95. The van der Waals surface area contributed by atoms with Gasteiger partial charge in [-0.2, -0.15) is 0 Å². The van der Waals surface area contributed by atoms with E-state index in [2.05, 4.69) is 0 Å². The molecule has 0 aliphatic heterocycles. The molecule has 0 heterocycles. The summed E-state index contributed by atoms with van der Waals surface area (Å²) in [6.45, 7) is 3.97. The molecule has 0 aromatic heterocycles. The minimum absolute atomic E-state index is 0.0550. The molecule has 0 aromatic carbocycles. The number of carbonyl (C=O) groups is 2. The fourth-order valence-corrected chi connectivity index (χ4v) is 2.69. The van der Waals surface area contributed by atoms with Crippen molar-refractivity contribution in [3.8, 4) is 0 Å². The summed E-state index contributed by atoms with van der Waals surface area (Å²) in [7, 11) is 0. The van der Waals surface area contributed by atoms with Gasteiger partial charge in [-0.25, -0.2) is 0 Å². The number of allylic oxidation sites excluding steroid dienone is 4. The highest BCUT2D eigenvalue weighted by Crippen LogP contribution is 2.33. The zero-order valence-corrected chi connectivity index (χ0v) is 9.95. The Morgan fingerprint density at radius 1 is 0.875 bits per heavy atom. The second-order valence-electron chi connectivity index (χ2n) is 5.08. The van der Waals surface area contributed by atoms with Crippen LogP contribution in [0.15, 0.2) is 23.3 Å². The van der Waals surface area contributed by atoms with E-state index in [1.165, 1.54) is 0 Å². The van der Waals surface area contributed by atoms with Gasteiger partial charge >= 0.3 is 0 Å². The van der Waals surface area contributed by atoms with E-state index in [-0.39, 0.29) is 23.4 Å². The van der Waals surface area contributed by atoms with Crippen LogP contribution < -0.4 is 0 Å². The Morgan fingerprint density at radius 2 is 1.25 bits per heavy atom. The lowest BCUT2D eigenvalue weighted by molar-refractivity contribution is -0.128. The lowest BCUT2D eigenvalue weighted by Crippen LogP contribution is -2.32. The van der Waals surface area contributed by atoms with Gasteiger partial charge in [0, 0.05) is 11.8 Å². The van der Waals surface area contributed by atoms with E-state index in [0.717, 1.165) is 36.8 Å². The Hall–Kier alpha value is -1.18. The smallest absolute Gasteiger partial charge is 0.159 e. The Bertz CT molecular complexity index is 350. The van der Waals surface area contributed by atoms with Crippen molar-refractivity contribution in [2.45, 2.75) is 39.5 Å². The SMILES string of the molecule is CC1=CC(=O)C(C2CCC(C)=CC2=O)CC1. The molecular weight excluding hydrogens is 200 g/mol. The van der Waals surface area contributed by atoms with Crippen molar-refractivity contribution in [3.63, 3.8) is 0 Å². The predicted molar refractivity (Wildman–Crippen MR) is 63.0 cm³/mol. The third-order valence-electron chi connectivity index (χ3n) is 3.69. The van der Waals surface area contributed by atoms with Crippen LogP contribution in [0.4, 0.5) is 0 Å². The average molecular weight is 218 g/mol. The van der Waals surface area contributed by atoms with Crippen LogP contribution in [-0.2, 0) is 9.59 Å². The summed E-state index contributed by atoms with van der Waals surface area (Å²) >= 11 is 0. The van der Waals surface area contributed by atoms with E-state index in [0.29, 0.717) is 0 Å². The third-order valence-corrected chi connectivity index (χ3v) is 3.69. The van der Waals surface area contributed by atoms with E-state index >= 15 is 0 Å². The molecule has 2 heteroatoms. The van der Waals surface area contributed by atoms with Gasteiger partial charge in [0.15, 0.2) is 11.6 Å². The molecule has 2 unspecified atom stereocenters. The average Bonchev–Trinajstić information content (AvgIpc) is 2.19. The summed E-state index contributed by atoms with van der Waals surface area (Å²) in [6, 6.07) is 0. The van der Waals surface area contributed by atoms with Crippen molar-refractivity contribution in [1.82, 2.24) is 0 Å². The first-order valence-electron chi connectivity index (χ1n) is 6.00. The van der Waals surface area contributed by atoms with Crippen LogP contribution in [0.1, 0.15) is 39.5 Å². The van der Waals surface area contributed by atoms with Crippen LogP contribution in [0, 0.1) is 11.8 Å². The molecule has 0 N–H and O–H groups in total. The van der Waals surface area contributed by atoms with Gasteiger partial charge < -0.3 is 0 Å². The lowest BCUT2D eigenvalue weighted by Gasteiger charge is -2.28. The molecule has 0 bridgehead atoms. The lowest BCUT2D eigenvalue weighted by atomic mass is 9.73. The summed E-state index contributed by atoms with van der Waals surface area (Å²) in [6.07, 6.45) is 7.08. The molecule has 0 saturated carbocycles. The second-order valence-corrected chi connectivity index (χ2v) is 5.08. The molecule has 0 saturated heterocycles. The van der Waals surface area contributed by atoms with Crippen LogP contribution in [0.5, 0.6) is 0 Å². The van der Waals surface area contributed by atoms with Crippen molar-refractivity contribution in [1.29, 1.82) is 0 Å². The molecule has 2 aliphatic carbocycles. The highest BCUT2D eigenvalue weighted by molar-refractivity contribution is 6.00. The summed E-state index contributed by atoms with van der Waals surface area (Å²) < 4.78 is 0. The number of rotatable bonds is 1. The molecule has 0 aromatic rings. The molecule has 0 amide bonds. The summed E-state index contributed by atoms with van der Waals surface area (Å²) in [5, 5.41) is 0. The molecule has 2 rings (SSSR count). The van der Waals surface area contributed by atoms with Gasteiger partial charge in [-0.05, 0) is 51.7 Å². The molecule has 16 heavy (non-hydrogen) atoms. The quantitative estimate of drug-likeness (QED) is 0.678. The van der Waals surface area contributed by atoms with Gasteiger partial charge in [0.1, 0.15) is 0 Å². The first-order valence-corrected chi connectivity index (χ1v) is 6.00. The van der Waals surface area contributed by atoms with Crippen molar-refractivity contribution in [2.24, 2.45) is 11.8 Å². The van der Waals surface area contributed by atoms with Gasteiger partial charge in [0.2, 0.25) is 0 Å². The van der Waals surface area contributed by atoms with Crippen molar-refractivity contribution >= 4 is 11.6 Å². The molecule has 0 radical (unpaired) electrons. The Morgan fingerprint density at radius 3 is 1.56 bits per heavy atom. The second kappa shape index (κ2) is 4.36. The molecule has 0 spiro atoms. The van der Waals surface area contributed by atoms with Crippen LogP contribution in [-0.4, -0.2) is 11.6 Å². The summed E-state index contributed by atoms with van der Waals surface area (Å²) in [5.41, 5.74) is 2.30. The van der Waals surface area contributed by atoms with Crippen LogP contribution in [0.3, 0.4) is 0 Å². The fourth-order valence-electron chi connectivity index (χ4n) is 2.69. The largest absolute Gasteiger partial charge is 0.295 e. The third kappa shape index (κ3) is 2.16. The van der Waals surface area contributed by atoms with E-state index in [1.807, 2.05) is 13.8 Å². The molecule has 2 atom stereocenters. The number of carbonyl (C=O) groups excluding carboxylic acids is 2. The Labute approximate surface area is 96.4 Å². The van der Waals surface area contributed by atoms with E-state index < -0.39 is 0 Å². The minimum Gasteiger partial charge on any atom is -0.295 e. The summed E-state index contributed by atoms with van der Waals surface area (Å²) in [5.74, 6) is 0.214. The molecule has 0 fully saturated rings. The molecule has 2 nitrogen and oxygen atoms in total. The first-order chi connectivity index (χ1) is 7.58. The monoisotopic (exact) mass is 218 g/mol. The van der Waals surface area contributed by atoms with Crippen molar-refractivity contribution in [2.75, 3.05) is 0 Å². The van der Waals surface area contributed by atoms with E-state index in [1.54, 1.807) is 12.2 Å². The van der Waals surface area contributed by atoms with E-state index in [4.69, 9.17) is 0 Å². The van der Waals surface area contributed by atoms with Crippen LogP contribution >= 0.6 is 0 Å². The minimum atomic E-state index is -0.0550. The van der Waals surface area contributed by atoms with Crippen LogP contribution in [0.2, 0.25) is 0 Å². The first kappa shape index (κ1) is 11.3. The zero-order chi connectivity index (χ0) is 11.7. The summed E-state index contributed by atoms with van der Waals surface area (Å²) in [4.78, 5) is 23.8. The van der Waals surface area contributed by atoms with Gasteiger partial charge in [-0.3, -0.25) is 9.59 Å². The molecule has 2 aliphatic rings. The normalized spacial score (nSPS) is 31.1. The standard InChI is InChI=1S/C14H18O2/c1-9-3-5-11(13(15)7-9)12-6-4-10(2)8-14(12)16/h7-8,11-12H,3-6H2,1-2H3. The van der Waals surface area contributed by atoms with Gasteiger partial charge in [-0.15, -0.1) is 0 Å². The van der Waals surface area contributed by atoms with Crippen molar-refractivity contribution < 1.29 is 9.59 Å². The molecule has 86 valence electrons. The van der Waals surface area contributed by atoms with Crippen molar-refractivity contribution in [3.05, 3.63) is 23.3 Å². The highest BCUT2D eigenvalue weighted by Gasteiger charge is 2.34. The number of hydrogen-bond acceptors (Lipinski definition) is 2. The Kier molecular flexibility index (Phi) is 3.08. The fraction of sp³-hybridized carbons (Fsp3) is 0.571. The predicted octanol–water partition coefficient (Wildman–Crippen LogP) is 2.84. The number of hydrogen-bond donors (Lipinski definition) is 0. The maximum Gasteiger partial charge on any atom is 0.159 e. The van der Waals surface area contributed by atoms with Gasteiger partial charge in [-0.1, -0.05) is 11.1 Å². The molecular formula is C14H18O2. The maximum atomic E-state index is 11.9. The number of ketones is 2. The Balaban J connectivity index is 2.15. The van der Waals surface area contributed by atoms with E-state index in [9.17, 15) is 9.59 Å². The van der Waals surface area contributed by atoms with Crippen LogP contribution in [0.25, 0.3) is 0 Å². The topological polar surface area (TPSA) is 34.1 Å². The van der Waals surface area contributed by atoms with Gasteiger partial charge in [0.25, 0.3) is 0 Å². The maximum absolute atomic E-state index is 11.9. The highest BCUT2D eigenvalue weighted by atomic mass is 16.1.